The van der Waals surface area contributed by atoms with Gasteiger partial charge in [-0.3, -0.25) is 4.79 Å². The summed E-state index contributed by atoms with van der Waals surface area (Å²) < 4.78 is 6.13. The molecule has 2 unspecified atom stereocenters. The maximum Gasteiger partial charge on any atom is 0.303 e. The fourth-order valence-electron chi connectivity index (χ4n) is 2.90. The maximum absolute atomic E-state index is 11.1. The summed E-state index contributed by atoms with van der Waals surface area (Å²) in [5.41, 5.74) is 1.09. The average molecular weight is 292 g/mol. The second-order valence-electron chi connectivity index (χ2n) is 5.68. The highest BCUT2D eigenvalue weighted by atomic mass is 32.2. The van der Waals surface area contributed by atoms with Gasteiger partial charge in [-0.15, -0.1) is 0 Å². The molecule has 3 nitrogen and oxygen atoms in total. The fourth-order valence-corrected chi connectivity index (χ4v) is 3.99. The Hall–Kier alpha value is -1.16. The Morgan fingerprint density at radius 1 is 1.35 bits per heavy atom. The lowest BCUT2D eigenvalue weighted by Gasteiger charge is -2.21. The third-order valence-electron chi connectivity index (χ3n) is 4.09. The molecule has 1 aromatic rings. The van der Waals surface area contributed by atoms with E-state index in [1.54, 1.807) is 0 Å². The molecule has 1 saturated carbocycles. The van der Waals surface area contributed by atoms with Crippen molar-refractivity contribution in [3.05, 3.63) is 29.8 Å². The van der Waals surface area contributed by atoms with Gasteiger partial charge in [0.1, 0.15) is 11.9 Å². The number of ether oxygens (including phenoxy) is 1. The van der Waals surface area contributed by atoms with Crippen molar-refractivity contribution in [1.82, 2.24) is 0 Å². The number of thioether (sulfide) groups is 1. The van der Waals surface area contributed by atoms with E-state index < -0.39 is 5.97 Å². The summed E-state index contributed by atoms with van der Waals surface area (Å²) in [5, 5.41) is 9.15. The van der Waals surface area contributed by atoms with E-state index >= 15 is 0 Å². The van der Waals surface area contributed by atoms with Gasteiger partial charge in [0.2, 0.25) is 0 Å². The molecule has 1 aliphatic carbocycles. The van der Waals surface area contributed by atoms with Crippen LogP contribution in [0.2, 0.25) is 0 Å². The van der Waals surface area contributed by atoms with Gasteiger partial charge < -0.3 is 9.84 Å². The fraction of sp³-hybridized carbons (Fsp3) is 0.562. The number of aliphatic carboxylic acids is 1. The summed E-state index contributed by atoms with van der Waals surface area (Å²) in [7, 11) is 0. The van der Waals surface area contributed by atoms with Crippen molar-refractivity contribution in [2.24, 2.45) is 5.92 Å². The Balaban J connectivity index is 1.81. The number of carboxylic acids is 1. The summed E-state index contributed by atoms with van der Waals surface area (Å²) in [6.45, 7) is 0. The van der Waals surface area contributed by atoms with Gasteiger partial charge in [0.15, 0.2) is 0 Å². The standard InChI is InChI=1S/C16H20O3S/c17-16(18)9-14(11-5-6-11)13-3-1-2-4-15(13)19-12-7-8-20-10-12/h1-4,11-12,14H,5-10H2,(H,17,18). The van der Waals surface area contributed by atoms with Crippen molar-refractivity contribution in [1.29, 1.82) is 0 Å². The highest BCUT2D eigenvalue weighted by Gasteiger charge is 2.35. The molecule has 108 valence electrons. The minimum Gasteiger partial charge on any atom is -0.489 e. The molecule has 0 radical (unpaired) electrons. The molecule has 0 aromatic heterocycles. The Labute approximate surface area is 123 Å². The predicted octanol–water partition coefficient (Wildman–Crippen LogP) is 3.54. The zero-order valence-electron chi connectivity index (χ0n) is 11.5. The summed E-state index contributed by atoms with van der Waals surface area (Å²) in [5.74, 6) is 3.02. The molecule has 1 aliphatic heterocycles. The summed E-state index contributed by atoms with van der Waals surface area (Å²) in [6, 6.07) is 8.01. The highest BCUT2D eigenvalue weighted by Crippen LogP contribution is 2.47. The zero-order valence-corrected chi connectivity index (χ0v) is 12.3. The van der Waals surface area contributed by atoms with E-state index in [-0.39, 0.29) is 18.4 Å². The second-order valence-corrected chi connectivity index (χ2v) is 6.83. The van der Waals surface area contributed by atoms with E-state index in [0.29, 0.717) is 5.92 Å². The lowest BCUT2D eigenvalue weighted by molar-refractivity contribution is -0.137. The lowest BCUT2D eigenvalue weighted by atomic mass is 9.90. The molecule has 2 atom stereocenters. The van der Waals surface area contributed by atoms with Crippen molar-refractivity contribution >= 4 is 17.7 Å². The number of hydrogen-bond acceptors (Lipinski definition) is 3. The van der Waals surface area contributed by atoms with Crippen LogP contribution in [0.1, 0.15) is 37.2 Å². The van der Waals surface area contributed by atoms with Gasteiger partial charge in [-0.1, -0.05) is 18.2 Å². The van der Waals surface area contributed by atoms with E-state index in [2.05, 4.69) is 0 Å². The number of carboxylic acid groups (broad SMARTS) is 1. The van der Waals surface area contributed by atoms with Crippen LogP contribution in [0.4, 0.5) is 0 Å². The molecule has 20 heavy (non-hydrogen) atoms. The Kier molecular flexibility index (Phi) is 4.20. The number of carbonyl (C=O) groups is 1. The summed E-state index contributed by atoms with van der Waals surface area (Å²) in [4.78, 5) is 11.1. The molecule has 1 aromatic carbocycles. The van der Waals surface area contributed by atoms with Gasteiger partial charge in [0, 0.05) is 11.7 Å². The first-order chi connectivity index (χ1) is 9.74. The molecule has 0 spiro atoms. The minimum absolute atomic E-state index is 0.109. The van der Waals surface area contributed by atoms with Crippen LogP contribution in [-0.4, -0.2) is 28.7 Å². The largest absolute Gasteiger partial charge is 0.489 e. The van der Waals surface area contributed by atoms with Gasteiger partial charge in [-0.05, 0) is 42.6 Å². The van der Waals surface area contributed by atoms with Crippen LogP contribution in [0, 0.1) is 5.92 Å². The number of para-hydroxylation sites is 1. The highest BCUT2D eigenvalue weighted by molar-refractivity contribution is 7.99. The van der Waals surface area contributed by atoms with E-state index in [4.69, 9.17) is 9.84 Å². The predicted molar refractivity (Wildman–Crippen MR) is 80.5 cm³/mol. The van der Waals surface area contributed by atoms with Gasteiger partial charge in [-0.2, -0.15) is 11.8 Å². The Morgan fingerprint density at radius 3 is 2.80 bits per heavy atom. The summed E-state index contributed by atoms with van der Waals surface area (Å²) in [6.07, 6.45) is 3.87. The van der Waals surface area contributed by atoms with Gasteiger partial charge in [-0.25, -0.2) is 0 Å². The van der Waals surface area contributed by atoms with Crippen molar-refractivity contribution in [2.75, 3.05) is 11.5 Å². The molecule has 0 bridgehead atoms. The van der Waals surface area contributed by atoms with Crippen molar-refractivity contribution in [3.8, 4) is 5.75 Å². The van der Waals surface area contributed by atoms with Crippen LogP contribution in [0.15, 0.2) is 24.3 Å². The second kappa shape index (κ2) is 6.08. The van der Waals surface area contributed by atoms with Crippen molar-refractivity contribution < 1.29 is 14.6 Å². The van der Waals surface area contributed by atoms with Crippen molar-refractivity contribution in [2.45, 2.75) is 37.7 Å². The molecule has 1 saturated heterocycles. The van der Waals surface area contributed by atoms with E-state index in [0.717, 1.165) is 42.1 Å². The Bertz CT molecular complexity index is 478. The number of benzene rings is 1. The van der Waals surface area contributed by atoms with Crippen LogP contribution in [0.5, 0.6) is 5.75 Å². The van der Waals surface area contributed by atoms with Crippen LogP contribution in [0.3, 0.4) is 0 Å². The van der Waals surface area contributed by atoms with Crippen LogP contribution >= 0.6 is 11.8 Å². The topological polar surface area (TPSA) is 46.5 Å². The quantitative estimate of drug-likeness (QED) is 0.871. The first-order valence-corrected chi connectivity index (χ1v) is 8.44. The van der Waals surface area contributed by atoms with E-state index in [1.165, 1.54) is 0 Å². The minimum atomic E-state index is -0.715. The third kappa shape index (κ3) is 3.29. The molecule has 2 aliphatic rings. The smallest absolute Gasteiger partial charge is 0.303 e. The van der Waals surface area contributed by atoms with Gasteiger partial charge in [0.05, 0.1) is 6.42 Å². The van der Waals surface area contributed by atoms with Crippen LogP contribution in [-0.2, 0) is 4.79 Å². The first kappa shape index (κ1) is 13.8. The van der Waals surface area contributed by atoms with Gasteiger partial charge in [0.25, 0.3) is 0 Å². The number of hydrogen-bond donors (Lipinski definition) is 1. The molecule has 0 amide bonds. The van der Waals surface area contributed by atoms with E-state index in [1.807, 2.05) is 36.0 Å². The average Bonchev–Trinajstić information content (AvgIpc) is 3.15. The van der Waals surface area contributed by atoms with Crippen LogP contribution in [0.25, 0.3) is 0 Å². The number of rotatable bonds is 6. The normalized spacial score (nSPS) is 23.5. The maximum atomic E-state index is 11.1. The third-order valence-corrected chi connectivity index (χ3v) is 5.22. The molecule has 1 N–H and O–H groups in total. The van der Waals surface area contributed by atoms with E-state index in [9.17, 15) is 4.79 Å². The summed E-state index contributed by atoms with van der Waals surface area (Å²) >= 11 is 1.93. The van der Waals surface area contributed by atoms with Crippen LogP contribution < -0.4 is 4.74 Å². The first-order valence-electron chi connectivity index (χ1n) is 7.29. The monoisotopic (exact) mass is 292 g/mol. The SMILES string of the molecule is O=C(O)CC(c1ccccc1OC1CCSC1)C1CC1. The molecule has 1 heterocycles. The molecular formula is C16H20O3S. The zero-order chi connectivity index (χ0) is 13.9. The van der Waals surface area contributed by atoms with Gasteiger partial charge >= 0.3 is 5.97 Å². The molecule has 4 heteroatoms. The molecule has 2 fully saturated rings. The Morgan fingerprint density at radius 2 is 2.15 bits per heavy atom. The molecule has 3 rings (SSSR count). The van der Waals surface area contributed by atoms with Crippen molar-refractivity contribution in [3.63, 3.8) is 0 Å². The lowest BCUT2D eigenvalue weighted by Crippen LogP contribution is -2.17. The molecular weight excluding hydrogens is 272 g/mol.